The molecule has 1 aromatic carbocycles. The van der Waals surface area contributed by atoms with Crippen molar-refractivity contribution in [3.8, 4) is 0 Å². The summed E-state index contributed by atoms with van der Waals surface area (Å²) in [4.78, 5) is 13.9. The second-order valence-corrected chi connectivity index (χ2v) is 6.48. The molecule has 1 spiro atoms. The smallest absolute Gasteiger partial charge is 0.222 e. The van der Waals surface area contributed by atoms with E-state index >= 15 is 0 Å². The molecule has 2 aliphatic rings. The summed E-state index contributed by atoms with van der Waals surface area (Å²) in [6, 6.07) is 4.69. The Bertz CT molecular complexity index is 523. The van der Waals surface area contributed by atoms with Gasteiger partial charge < -0.3 is 9.64 Å². The number of nitrogens with zero attached hydrogens (tertiary/aromatic N) is 1. The number of benzene rings is 1. The van der Waals surface area contributed by atoms with Crippen LogP contribution in [0.2, 0.25) is 5.02 Å². The first-order valence-corrected chi connectivity index (χ1v) is 7.76. The minimum atomic E-state index is -0.300. The largest absolute Gasteiger partial charge is 0.381 e. The summed E-state index contributed by atoms with van der Waals surface area (Å²) in [5, 5.41) is 0.429. The standard InChI is InChI=1S/C16H19ClFNO2/c17-13-2-1-3-14(18)12(13)5-8-19-10-16(6-4-15(19)20)7-9-21-11-16/h1-3H,4-11H2/t16-/m1/s1. The molecule has 0 aliphatic carbocycles. The van der Waals surface area contributed by atoms with Gasteiger partial charge in [-0.05, 0) is 31.4 Å². The zero-order valence-electron chi connectivity index (χ0n) is 11.9. The first-order chi connectivity index (χ1) is 10.1. The van der Waals surface area contributed by atoms with Gasteiger partial charge in [0.05, 0.1) is 6.61 Å². The second kappa shape index (κ2) is 5.93. The zero-order valence-corrected chi connectivity index (χ0v) is 12.7. The van der Waals surface area contributed by atoms with Crippen LogP contribution >= 0.6 is 11.6 Å². The Morgan fingerprint density at radius 1 is 1.38 bits per heavy atom. The van der Waals surface area contributed by atoms with Crippen LogP contribution < -0.4 is 0 Å². The lowest BCUT2D eigenvalue weighted by molar-refractivity contribution is -0.137. The van der Waals surface area contributed by atoms with Crippen LogP contribution in [-0.4, -0.2) is 37.1 Å². The third kappa shape index (κ3) is 3.06. The van der Waals surface area contributed by atoms with Gasteiger partial charge in [0.1, 0.15) is 5.82 Å². The summed E-state index contributed by atoms with van der Waals surface area (Å²) in [6.45, 7) is 2.75. The lowest BCUT2D eigenvalue weighted by Gasteiger charge is -2.39. The van der Waals surface area contributed by atoms with Gasteiger partial charge in [-0.1, -0.05) is 17.7 Å². The molecule has 1 atom stereocenters. The number of rotatable bonds is 3. The van der Waals surface area contributed by atoms with E-state index in [2.05, 4.69) is 0 Å². The highest BCUT2D eigenvalue weighted by Crippen LogP contribution is 2.38. The number of amides is 1. The minimum absolute atomic E-state index is 0.118. The molecule has 2 heterocycles. The molecule has 2 fully saturated rings. The number of hydrogen-bond acceptors (Lipinski definition) is 2. The van der Waals surface area contributed by atoms with Crippen molar-refractivity contribution < 1.29 is 13.9 Å². The first kappa shape index (κ1) is 14.8. The number of hydrogen-bond donors (Lipinski definition) is 0. The van der Waals surface area contributed by atoms with Gasteiger partial charge in [0.15, 0.2) is 0 Å². The van der Waals surface area contributed by atoms with Crippen LogP contribution in [-0.2, 0) is 16.0 Å². The SMILES string of the molecule is O=C1CC[C@@]2(CCOC2)CN1CCc1c(F)cccc1Cl. The van der Waals surface area contributed by atoms with Gasteiger partial charge in [0.2, 0.25) is 5.91 Å². The number of piperidine rings is 1. The van der Waals surface area contributed by atoms with Crippen LogP contribution in [0.3, 0.4) is 0 Å². The van der Waals surface area contributed by atoms with Gasteiger partial charge in [0.25, 0.3) is 0 Å². The maximum Gasteiger partial charge on any atom is 0.222 e. The fourth-order valence-corrected chi connectivity index (χ4v) is 3.55. The van der Waals surface area contributed by atoms with Gasteiger partial charge in [-0.15, -0.1) is 0 Å². The van der Waals surface area contributed by atoms with Crippen LogP contribution in [0.1, 0.15) is 24.8 Å². The van der Waals surface area contributed by atoms with Crippen molar-refractivity contribution in [2.45, 2.75) is 25.7 Å². The highest BCUT2D eigenvalue weighted by atomic mass is 35.5. The van der Waals surface area contributed by atoms with E-state index in [9.17, 15) is 9.18 Å². The van der Waals surface area contributed by atoms with Gasteiger partial charge in [-0.3, -0.25) is 4.79 Å². The third-order valence-corrected chi connectivity index (χ3v) is 4.98. The number of carbonyl (C=O) groups is 1. The molecule has 2 saturated heterocycles. The van der Waals surface area contributed by atoms with E-state index in [-0.39, 0.29) is 17.1 Å². The molecule has 1 aromatic rings. The molecule has 3 nitrogen and oxygen atoms in total. The van der Waals surface area contributed by atoms with E-state index in [1.54, 1.807) is 12.1 Å². The maximum atomic E-state index is 13.8. The highest BCUT2D eigenvalue weighted by Gasteiger charge is 2.41. The fourth-order valence-electron chi connectivity index (χ4n) is 3.30. The summed E-state index contributed by atoms with van der Waals surface area (Å²) >= 11 is 6.04. The van der Waals surface area contributed by atoms with E-state index in [1.807, 2.05) is 4.90 Å². The zero-order chi connectivity index (χ0) is 14.9. The average molecular weight is 312 g/mol. The second-order valence-electron chi connectivity index (χ2n) is 6.07. The van der Waals surface area contributed by atoms with Gasteiger partial charge in [-0.2, -0.15) is 0 Å². The molecule has 3 rings (SSSR count). The molecule has 0 radical (unpaired) electrons. The van der Waals surface area contributed by atoms with Crippen LogP contribution in [0.15, 0.2) is 18.2 Å². The predicted molar refractivity (Wildman–Crippen MR) is 78.8 cm³/mol. The summed E-state index contributed by atoms with van der Waals surface area (Å²) in [6.07, 6.45) is 2.93. The molecule has 5 heteroatoms. The van der Waals surface area contributed by atoms with Crippen molar-refractivity contribution in [3.63, 3.8) is 0 Å². The topological polar surface area (TPSA) is 29.5 Å². The molecule has 21 heavy (non-hydrogen) atoms. The van der Waals surface area contributed by atoms with Crippen LogP contribution in [0.4, 0.5) is 4.39 Å². The Balaban J connectivity index is 1.67. The monoisotopic (exact) mass is 311 g/mol. The van der Waals surface area contributed by atoms with E-state index in [0.29, 0.717) is 30.0 Å². The van der Waals surface area contributed by atoms with E-state index in [4.69, 9.17) is 16.3 Å². The molecule has 114 valence electrons. The van der Waals surface area contributed by atoms with Crippen LogP contribution in [0, 0.1) is 11.2 Å². The number of halogens is 2. The van der Waals surface area contributed by atoms with Gasteiger partial charge in [0, 0.05) is 42.1 Å². The Morgan fingerprint density at radius 2 is 2.24 bits per heavy atom. The molecule has 0 aromatic heterocycles. The summed E-state index contributed by atoms with van der Waals surface area (Å²) in [5.74, 6) is -0.147. The summed E-state index contributed by atoms with van der Waals surface area (Å²) in [5.41, 5.74) is 0.613. The summed E-state index contributed by atoms with van der Waals surface area (Å²) < 4.78 is 19.3. The number of carbonyl (C=O) groups excluding carboxylic acids is 1. The highest BCUT2D eigenvalue weighted by molar-refractivity contribution is 6.31. The molecule has 0 unspecified atom stereocenters. The van der Waals surface area contributed by atoms with E-state index in [0.717, 1.165) is 32.6 Å². The average Bonchev–Trinajstić information content (AvgIpc) is 2.91. The van der Waals surface area contributed by atoms with Crippen molar-refractivity contribution in [3.05, 3.63) is 34.6 Å². The third-order valence-electron chi connectivity index (χ3n) is 4.63. The molecule has 0 N–H and O–H groups in total. The Kier molecular flexibility index (Phi) is 4.18. The van der Waals surface area contributed by atoms with E-state index < -0.39 is 0 Å². The minimum Gasteiger partial charge on any atom is -0.381 e. The van der Waals surface area contributed by atoms with Crippen molar-refractivity contribution in [2.24, 2.45) is 5.41 Å². The Morgan fingerprint density at radius 3 is 2.95 bits per heavy atom. The van der Waals surface area contributed by atoms with Crippen LogP contribution in [0.25, 0.3) is 0 Å². The number of ether oxygens (including phenoxy) is 1. The molecular formula is C16H19ClFNO2. The molecule has 1 amide bonds. The molecule has 0 bridgehead atoms. The molecule has 2 aliphatic heterocycles. The van der Waals surface area contributed by atoms with Crippen molar-refractivity contribution in [2.75, 3.05) is 26.3 Å². The van der Waals surface area contributed by atoms with Crippen LogP contribution in [0.5, 0.6) is 0 Å². The van der Waals surface area contributed by atoms with Gasteiger partial charge in [-0.25, -0.2) is 4.39 Å². The first-order valence-electron chi connectivity index (χ1n) is 7.38. The summed E-state index contributed by atoms with van der Waals surface area (Å²) in [7, 11) is 0. The Labute approximate surface area is 129 Å². The number of likely N-dealkylation sites (tertiary alicyclic amines) is 1. The molecular weight excluding hydrogens is 293 g/mol. The van der Waals surface area contributed by atoms with E-state index in [1.165, 1.54) is 6.07 Å². The Hall–Kier alpha value is -1.13. The normalized spacial score (nSPS) is 25.8. The molecule has 0 saturated carbocycles. The quantitative estimate of drug-likeness (QED) is 0.858. The predicted octanol–water partition coefficient (Wildman–Crippen LogP) is 3.05. The van der Waals surface area contributed by atoms with Crippen molar-refractivity contribution in [1.82, 2.24) is 4.90 Å². The fraction of sp³-hybridized carbons (Fsp3) is 0.562. The lowest BCUT2D eigenvalue weighted by Crippen LogP contribution is -2.47. The maximum absolute atomic E-state index is 13.8. The van der Waals surface area contributed by atoms with Gasteiger partial charge >= 0.3 is 0 Å². The van der Waals surface area contributed by atoms with Crippen molar-refractivity contribution >= 4 is 17.5 Å². The van der Waals surface area contributed by atoms with Crippen molar-refractivity contribution in [1.29, 1.82) is 0 Å². The lowest BCUT2D eigenvalue weighted by atomic mass is 9.79.